The molecule has 1 fully saturated rings. The molecule has 0 aliphatic carbocycles. The second-order valence-corrected chi connectivity index (χ2v) is 6.26. The van der Waals surface area contributed by atoms with Crippen LogP contribution in [0, 0.1) is 5.92 Å². The van der Waals surface area contributed by atoms with E-state index >= 15 is 0 Å². The molecule has 0 spiro atoms. The van der Waals surface area contributed by atoms with Crippen LogP contribution in [0.15, 0.2) is 24.7 Å². The van der Waals surface area contributed by atoms with Crippen molar-refractivity contribution in [2.24, 2.45) is 5.92 Å². The number of hydrogen-bond acceptors (Lipinski definition) is 5. The number of nitrogens with two attached hydrogens (primary N) is 1. The average Bonchev–Trinajstić information content (AvgIpc) is 3.04. The first kappa shape index (κ1) is 15.3. The Hall–Kier alpha value is -1.11. The zero-order valence-electron chi connectivity index (χ0n) is 11.3. The summed E-state index contributed by atoms with van der Waals surface area (Å²) in [6, 6.07) is 1.99. The maximum atomic E-state index is 5.66. The van der Waals surface area contributed by atoms with E-state index in [0.717, 1.165) is 32.1 Å². The van der Waals surface area contributed by atoms with Crippen LogP contribution < -0.4 is 5.73 Å². The second kappa shape index (κ2) is 7.06. The molecule has 3 heterocycles. The minimum atomic E-state index is 0. The second-order valence-electron chi connectivity index (χ2n) is 5.11. The lowest BCUT2D eigenvalue weighted by atomic mass is 9.97. The van der Waals surface area contributed by atoms with E-state index in [1.54, 1.807) is 11.3 Å². The summed E-state index contributed by atoms with van der Waals surface area (Å²) in [6.45, 7) is 4.35. The van der Waals surface area contributed by atoms with Crippen LogP contribution in [-0.4, -0.2) is 32.8 Å². The van der Waals surface area contributed by atoms with E-state index in [1.165, 1.54) is 17.7 Å². The summed E-state index contributed by atoms with van der Waals surface area (Å²) in [4.78, 5) is 7.86. The molecule has 2 aromatic heterocycles. The van der Waals surface area contributed by atoms with Crippen LogP contribution in [0.1, 0.15) is 17.7 Å². The van der Waals surface area contributed by atoms with Gasteiger partial charge in [0.15, 0.2) is 5.13 Å². The summed E-state index contributed by atoms with van der Waals surface area (Å²) in [7, 11) is 0. The normalized spacial score (nSPS) is 17.0. The van der Waals surface area contributed by atoms with Crippen LogP contribution in [0.2, 0.25) is 0 Å². The Labute approximate surface area is 129 Å². The highest BCUT2D eigenvalue weighted by Gasteiger charge is 2.20. The van der Waals surface area contributed by atoms with Crippen LogP contribution in [0.4, 0.5) is 5.13 Å². The number of anilines is 1. The van der Waals surface area contributed by atoms with Gasteiger partial charge in [-0.2, -0.15) is 5.10 Å². The molecule has 110 valence electrons. The molecule has 1 aliphatic heterocycles. The third kappa shape index (κ3) is 3.94. The van der Waals surface area contributed by atoms with Gasteiger partial charge in [-0.05, 0) is 37.9 Å². The van der Waals surface area contributed by atoms with Gasteiger partial charge in [0.25, 0.3) is 0 Å². The van der Waals surface area contributed by atoms with Gasteiger partial charge < -0.3 is 5.73 Å². The van der Waals surface area contributed by atoms with Crippen molar-refractivity contribution in [1.82, 2.24) is 19.7 Å². The van der Waals surface area contributed by atoms with Crippen molar-refractivity contribution < 1.29 is 0 Å². The summed E-state index contributed by atoms with van der Waals surface area (Å²) in [5, 5.41) is 4.95. The van der Waals surface area contributed by atoms with E-state index in [-0.39, 0.29) is 12.4 Å². The summed E-state index contributed by atoms with van der Waals surface area (Å²) in [6.07, 6.45) is 8.29. The minimum Gasteiger partial charge on any atom is -0.375 e. The molecule has 1 saturated heterocycles. The predicted molar refractivity (Wildman–Crippen MR) is 84.0 cm³/mol. The highest BCUT2D eigenvalue weighted by Crippen LogP contribution is 2.22. The molecule has 5 nitrogen and oxygen atoms in total. The fraction of sp³-hybridized carbons (Fsp3) is 0.538. The molecule has 20 heavy (non-hydrogen) atoms. The maximum Gasteiger partial charge on any atom is 0.180 e. The van der Waals surface area contributed by atoms with Gasteiger partial charge in [0.2, 0.25) is 0 Å². The Bertz CT molecular complexity index is 505. The molecule has 1 aliphatic rings. The molecule has 7 heteroatoms. The molecule has 2 N–H and O–H groups in total. The Morgan fingerprint density at radius 2 is 2.15 bits per heavy atom. The number of aromatic nitrogens is 3. The lowest BCUT2D eigenvalue weighted by Crippen LogP contribution is -2.34. The number of halogens is 1. The van der Waals surface area contributed by atoms with Crippen LogP contribution in [0.5, 0.6) is 0 Å². The minimum absolute atomic E-state index is 0. The fourth-order valence-electron chi connectivity index (χ4n) is 2.62. The van der Waals surface area contributed by atoms with Crippen LogP contribution in [-0.2, 0) is 13.1 Å². The average molecular weight is 314 g/mol. The Balaban J connectivity index is 0.00000147. The topological polar surface area (TPSA) is 60.0 Å². The van der Waals surface area contributed by atoms with Gasteiger partial charge in [0, 0.05) is 36.6 Å². The smallest absolute Gasteiger partial charge is 0.180 e. The molecule has 0 saturated carbocycles. The molecule has 3 rings (SSSR count). The fourth-order valence-corrected chi connectivity index (χ4v) is 3.34. The quantitative estimate of drug-likeness (QED) is 0.940. The Morgan fingerprint density at radius 3 is 2.75 bits per heavy atom. The van der Waals surface area contributed by atoms with Crippen molar-refractivity contribution in [1.29, 1.82) is 0 Å². The number of likely N-dealkylation sites (tertiary alicyclic amines) is 1. The van der Waals surface area contributed by atoms with Gasteiger partial charge in [0.05, 0.1) is 0 Å². The highest BCUT2D eigenvalue weighted by molar-refractivity contribution is 7.15. The zero-order valence-corrected chi connectivity index (χ0v) is 12.9. The van der Waals surface area contributed by atoms with Crippen molar-refractivity contribution in [2.75, 3.05) is 18.8 Å². The predicted octanol–water partition coefficient (Wildman–Crippen LogP) is 2.26. The first-order chi connectivity index (χ1) is 9.29. The maximum absolute atomic E-state index is 5.66. The molecule has 0 unspecified atom stereocenters. The third-order valence-electron chi connectivity index (χ3n) is 3.66. The van der Waals surface area contributed by atoms with Gasteiger partial charge in [0.1, 0.15) is 0 Å². The Kier molecular flexibility index (Phi) is 5.39. The summed E-state index contributed by atoms with van der Waals surface area (Å²) in [5.41, 5.74) is 5.66. The summed E-state index contributed by atoms with van der Waals surface area (Å²) < 4.78 is 2.05. The number of rotatable bonds is 4. The largest absolute Gasteiger partial charge is 0.375 e. The number of nitrogens with zero attached hydrogens (tertiary/aromatic N) is 4. The third-order valence-corrected chi connectivity index (χ3v) is 4.47. The molecule has 0 atom stereocenters. The van der Waals surface area contributed by atoms with Crippen molar-refractivity contribution in [3.8, 4) is 0 Å². The molecule has 0 bridgehead atoms. The van der Waals surface area contributed by atoms with Crippen LogP contribution in [0.3, 0.4) is 0 Å². The van der Waals surface area contributed by atoms with Crippen molar-refractivity contribution in [3.63, 3.8) is 0 Å². The summed E-state index contributed by atoms with van der Waals surface area (Å²) >= 11 is 1.60. The van der Waals surface area contributed by atoms with E-state index in [0.29, 0.717) is 5.13 Å². The van der Waals surface area contributed by atoms with Gasteiger partial charge in [-0.15, -0.1) is 23.7 Å². The molecule has 2 aromatic rings. The van der Waals surface area contributed by atoms with E-state index in [4.69, 9.17) is 5.73 Å². The monoisotopic (exact) mass is 313 g/mol. The van der Waals surface area contributed by atoms with Gasteiger partial charge >= 0.3 is 0 Å². The first-order valence-electron chi connectivity index (χ1n) is 6.69. The van der Waals surface area contributed by atoms with Crippen molar-refractivity contribution in [3.05, 3.63) is 29.5 Å². The van der Waals surface area contributed by atoms with Crippen molar-refractivity contribution in [2.45, 2.75) is 25.9 Å². The lowest BCUT2D eigenvalue weighted by Gasteiger charge is -2.31. The van der Waals surface area contributed by atoms with Crippen LogP contribution >= 0.6 is 23.7 Å². The van der Waals surface area contributed by atoms with E-state index in [1.807, 2.05) is 29.3 Å². The van der Waals surface area contributed by atoms with Gasteiger partial charge in [-0.3, -0.25) is 9.58 Å². The number of thiazole rings is 1. The number of nitrogen functional groups attached to an aromatic ring is 1. The highest BCUT2D eigenvalue weighted by atomic mass is 35.5. The van der Waals surface area contributed by atoms with Gasteiger partial charge in [-0.25, -0.2) is 4.98 Å². The van der Waals surface area contributed by atoms with E-state index in [2.05, 4.69) is 15.0 Å². The lowest BCUT2D eigenvalue weighted by molar-refractivity contribution is 0.166. The first-order valence-corrected chi connectivity index (χ1v) is 7.51. The molecular weight excluding hydrogens is 294 g/mol. The molecular formula is C13H20ClN5S. The van der Waals surface area contributed by atoms with E-state index < -0.39 is 0 Å². The van der Waals surface area contributed by atoms with Crippen molar-refractivity contribution >= 4 is 28.9 Å². The molecule has 0 aromatic carbocycles. The van der Waals surface area contributed by atoms with E-state index in [9.17, 15) is 0 Å². The molecule has 0 radical (unpaired) electrons. The number of hydrogen-bond donors (Lipinski definition) is 1. The standard InChI is InChI=1S/C13H19N5S.ClH/c14-13-15-8-12(19-13)10-17-6-2-11(3-7-17)9-18-5-1-4-16-18;/h1,4-5,8,11H,2-3,6-7,9-10H2,(H2,14,15);1H. The molecule has 0 amide bonds. The zero-order chi connectivity index (χ0) is 13.1. The van der Waals surface area contributed by atoms with Gasteiger partial charge in [-0.1, -0.05) is 0 Å². The van der Waals surface area contributed by atoms with Crippen LogP contribution in [0.25, 0.3) is 0 Å². The SMILES string of the molecule is Cl.Nc1ncc(CN2CCC(Cn3cccn3)CC2)s1. The summed E-state index contributed by atoms with van der Waals surface area (Å²) in [5.74, 6) is 0.752. The number of piperidine rings is 1. The Morgan fingerprint density at radius 1 is 1.35 bits per heavy atom.